The highest BCUT2D eigenvalue weighted by molar-refractivity contribution is 6.07. The molecule has 3 aliphatic rings. The Kier molecular flexibility index (Phi) is 5.66. The van der Waals surface area contributed by atoms with E-state index >= 15 is 0 Å². The predicted octanol–water partition coefficient (Wildman–Crippen LogP) is 3.58. The van der Waals surface area contributed by atoms with Gasteiger partial charge in [0.2, 0.25) is 0 Å². The van der Waals surface area contributed by atoms with Gasteiger partial charge in [0.05, 0.1) is 25.4 Å². The second-order valence-electron chi connectivity index (χ2n) is 10.3. The maximum atomic E-state index is 13.2. The van der Waals surface area contributed by atoms with E-state index in [1.165, 1.54) is 16.0 Å². The van der Waals surface area contributed by atoms with E-state index in [0.29, 0.717) is 18.8 Å². The molecule has 2 fully saturated rings. The summed E-state index contributed by atoms with van der Waals surface area (Å²) in [6, 6.07) is 7.86. The molecule has 6 nitrogen and oxygen atoms in total. The standard InChI is InChI=1S/C24H34N2O4/c1-16-11-23(2,3)15-24(12-16)21(28)26(22(29)25-24)13-18(27)14-30-20-10-6-8-17-7-4-5-9-19(17)20/h4-5,7,9,16,18,20,27H,6,8,10-15H2,1-3H3,(H,25,29). The zero-order chi connectivity index (χ0) is 21.5. The predicted molar refractivity (Wildman–Crippen MR) is 114 cm³/mol. The minimum atomic E-state index is -0.905. The van der Waals surface area contributed by atoms with Crippen LogP contribution < -0.4 is 5.32 Å². The summed E-state index contributed by atoms with van der Waals surface area (Å²) < 4.78 is 6.02. The van der Waals surface area contributed by atoms with E-state index in [-0.39, 0.29) is 30.6 Å². The number of benzene rings is 1. The third-order valence-corrected chi connectivity index (χ3v) is 6.82. The Labute approximate surface area is 179 Å². The third kappa shape index (κ3) is 4.12. The maximum Gasteiger partial charge on any atom is 0.325 e. The maximum absolute atomic E-state index is 13.2. The Morgan fingerprint density at radius 3 is 2.80 bits per heavy atom. The van der Waals surface area contributed by atoms with Gasteiger partial charge in [0, 0.05) is 0 Å². The van der Waals surface area contributed by atoms with Gasteiger partial charge in [-0.3, -0.25) is 9.69 Å². The van der Waals surface area contributed by atoms with Crippen LogP contribution in [-0.2, 0) is 16.0 Å². The topological polar surface area (TPSA) is 78.9 Å². The zero-order valence-electron chi connectivity index (χ0n) is 18.3. The molecule has 1 heterocycles. The molecule has 2 N–H and O–H groups in total. The lowest BCUT2D eigenvalue weighted by molar-refractivity contribution is -0.136. The van der Waals surface area contributed by atoms with Gasteiger partial charge in [-0.15, -0.1) is 0 Å². The second kappa shape index (κ2) is 7.97. The molecule has 4 rings (SSSR count). The molecule has 1 saturated heterocycles. The lowest BCUT2D eigenvalue weighted by Gasteiger charge is -2.43. The molecule has 6 heteroatoms. The van der Waals surface area contributed by atoms with Crippen molar-refractivity contribution in [3.8, 4) is 0 Å². The molecule has 1 saturated carbocycles. The molecule has 30 heavy (non-hydrogen) atoms. The normalized spacial score (nSPS) is 31.5. The van der Waals surface area contributed by atoms with Crippen molar-refractivity contribution in [3.63, 3.8) is 0 Å². The van der Waals surface area contributed by atoms with Crippen LogP contribution in [0, 0.1) is 11.3 Å². The number of hydrogen-bond donors (Lipinski definition) is 2. The number of carbonyl (C=O) groups excluding carboxylic acids is 2. The summed E-state index contributed by atoms with van der Waals surface area (Å²) in [6.07, 6.45) is 4.41. The summed E-state index contributed by atoms with van der Waals surface area (Å²) in [5.41, 5.74) is 1.64. The molecule has 164 valence electrons. The van der Waals surface area contributed by atoms with Crippen LogP contribution in [-0.4, -0.2) is 46.7 Å². The minimum absolute atomic E-state index is 0.00723. The van der Waals surface area contributed by atoms with Crippen molar-refractivity contribution in [2.45, 2.75) is 77.0 Å². The van der Waals surface area contributed by atoms with Crippen molar-refractivity contribution < 1.29 is 19.4 Å². The van der Waals surface area contributed by atoms with E-state index in [4.69, 9.17) is 4.74 Å². The number of ether oxygens (including phenoxy) is 1. The van der Waals surface area contributed by atoms with Crippen LogP contribution in [0.5, 0.6) is 0 Å². The van der Waals surface area contributed by atoms with E-state index in [1.54, 1.807) is 0 Å². The summed E-state index contributed by atoms with van der Waals surface area (Å²) in [7, 11) is 0. The first-order valence-corrected chi connectivity index (χ1v) is 11.2. The smallest absolute Gasteiger partial charge is 0.325 e. The van der Waals surface area contributed by atoms with Crippen molar-refractivity contribution in [2.75, 3.05) is 13.2 Å². The molecule has 1 aromatic rings. The number of aliphatic hydroxyl groups is 1. The van der Waals surface area contributed by atoms with Crippen LogP contribution in [0.4, 0.5) is 4.79 Å². The molecule has 0 bridgehead atoms. The van der Waals surface area contributed by atoms with Gasteiger partial charge in [-0.25, -0.2) is 4.79 Å². The lowest BCUT2D eigenvalue weighted by atomic mass is 9.64. The van der Waals surface area contributed by atoms with Crippen molar-refractivity contribution in [1.29, 1.82) is 0 Å². The fraction of sp³-hybridized carbons (Fsp3) is 0.667. The molecule has 0 aromatic heterocycles. The van der Waals surface area contributed by atoms with E-state index in [0.717, 1.165) is 25.7 Å². The molecule has 3 amide bonds. The van der Waals surface area contributed by atoms with Crippen LogP contribution in [0.1, 0.15) is 70.1 Å². The zero-order valence-corrected chi connectivity index (χ0v) is 18.3. The summed E-state index contributed by atoms with van der Waals surface area (Å²) in [5, 5.41) is 13.5. The summed E-state index contributed by atoms with van der Waals surface area (Å²) in [6.45, 7) is 6.50. The SMILES string of the molecule is CC1CC(C)(C)CC2(C1)NC(=O)N(CC(O)COC1CCCc3ccccc31)C2=O. The minimum Gasteiger partial charge on any atom is -0.389 e. The lowest BCUT2D eigenvalue weighted by Crippen LogP contribution is -2.54. The molecule has 4 atom stereocenters. The number of aliphatic hydroxyl groups excluding tert-OH is 1. The first-order chi connectivity index (χ1) is 14.2. The molecular formula is C24H34N2O4. The quantitative estimate of drug-likeness (QED) is 0.722. The number of aryl methyl sites for hydroxylation is 1. The van der Waals surface area contributed by atoms with Gasteiger partial charge in [0.25, 0.3) is 5.91 Å². The number of nitrogens with zero attached hydrogens (tertiary/aromatic N) is 1. The van der Waals surface area contributed by atoms with Gasteiger partial charge in [-0.05, 0) is 61.0 Å². The number of amides is 3. The Morgan fingerprint density at radius 2 is 2.03 bits per heavy atom. The molecule has 0 radical (unpaired) electrons. The summed E-state index contributed by atoms with van der Waals surface area (Å²) >= 11 is 0. The van der Waals surface area contributed by atoms with Gasteiger partial charge in [0.15, 0.2) is 0 Å². The number of imide groups is 1. The van der Waals surface area contributed by atoms with Crippen LogP contribution in [0.15, 0.2) is 24.3 Å². The molecule has 1 aliphatic heterocycles. The number of carbonyl (C=O) groups is 2. The highest BCUT2D eigenvalue weighted by Crippen LogP contribution is 2.46. The average molecular weight is 415 g/mol. The van der Waals surface area contributed by atoms with E-state index in [9.17, 15) is 14.7 Å². The van der Waals surface area contributed by atoms with E-state index < -0.39 is 17.7 Å². The van der Waals surface area contributed by atoms with Crippen LogP contribution >= 0.6 is 0 Å². The summed E-state index contributed by atoms with van der Waals surface area (Å²) in [4.78, 5) is 27.0. The third-order valence-electron chi connectivity index (χ3n) is 6.82. The molecule has 4 unspecified atom stereocenters. The Hall–Kier alpha value is -1.92. The van der Waals surface area contributed by atoms with Crippen LogP contribution in [0.25, 0.3) is 0 Å². The number of hydrogen-bond acceptors (Lipinski definition) is 4. The van der Waals surface area contributed by atoms with Gasteiger partial charge in [-0.1, -0.05) is 45.0 Å². The monoisotopic (exact) mass is 414 g/mol. The number of nitrogens with one attached hydrogen (secondary N) is 1. The molecular weight excluding hydrogens is 380 g/mol. The Bertz CT molecular complexity index is 823. The molecule has 1 aromatic carbocycles. The van der Waals surface area contributed by atoms with Gasteiger partial charge in [0.1, 0.15) is 5.54 Å². The van der Waals surface area contributed by atoms with Gasteiger partial charge in [-0.2, -0.15) is 0 Å². The van der Waals surface area contributed by atoms with Crippen molar-refractivity contribution in [1.82, 2.24) is 10.2 Å². The molecule has 2 aliphatic carbocycles. The highest BCUT2D eigenvalue weighted by atomic mass is 16.5. The van der Waals surface area contributed by atoms with Crippen molar-refractivity contribution in [3.05, 3.63) is 35.4 Å². The average Bonchev–Trinajstić information content (AvgIpc) is 2.88. The second-order valence-corrected chi connectivity index (χ2v) is 10.3. The fourth-order valence-electron chi connectivity index (χ4n) is 6.04. The Balaban J connectivity index is 1.38. The van der Waals surface area contributed by atoms with Gasteiger partial charge >= 0.3 is 6.03 Å². The van der Waals surface area contributed by atoms with E-state index in [1.807, 2.05) is 12.1 Å². The van der Waals surface area contributed by atoms with Crippen molar-refractivity contribution in [2.24, 2.45) is 11.3 Å². The largest absolute Gasteiger partial charge is 0.389 e. The first kappa shape index (κ1) is 21.3. The van der Waals surface area contributed by atoms with Crippen LogP contribution in [0.2, 0.25) is 0 Å². The number of β-amino-alcohol motifs (C(OH)–C–C–N with tert-alkyl or cyclic N) is 1. The van der Waals surface area contributed by atoms with Gasteiger partial charge < -0.3 is 15.2 Å². The number of rotatable bonds is 5. The Morgan fingerprint density at radius 1 is 1.27 bits per heavy atom. The highest BCUT2D eigenvalue weighted by Gasteiger charge is 2.56. The summed E-state index contributed by atoms with van der Waals surface area (Å²) in [5.74, 6) is 0.159. The number of fused-ring (bicyclic) bond motifs is 1. The number of urea groups is 1. The fourth-order valence-corrected chi connectivity index (χ4v) is 6.04. The van der Waals surface area contributed by atoms with Crippen LogP contribution in [0.3, 0.4) is 0 Å². The van der Waals surface area contributed by atoms with E-state index in [2.05, 4.69) is 38.2 Å². The molecule has 1 spiro atoms. The van der Waals surface area contributed by atoms with Crippen molar-refractivity contribution >= 4 is 11.9 Å². The first-order valence-electron chi connectivity index (χ1n) is 11.2.